The Bertz CT molecular complexity index is 449. The zero-order valence-electron chi connectivity index (χ0n) is 6.54. The lowest BCUT2D eigenvalue weighted by Crippen LogP contribution is -2.03. The number of hydrogen-bond donors (Lipinski definition) is 1. The standard InChI is InChI=1S/C8H6N2O3/c11-8(12)13-7-2-1-6-3-4-9-10(6)5-7/h1-5H,(H,11,12). The predicted molar refractivity (Wildman–Crippen MR) is 43.8 cm³/mol. The summed E-state index contributed by atoms with van der Waals surface area (Å²) in [4.78, 5) is 10.2. The lowest BCUT2D eigenvalue weighted by Gasteiger charge is -1.99. The summed E-state index contributed by atoms with van der Waals surface area (Å²) < 4.78 is 5.99. The maximum absolute atomic E-state index is 10.2. The summed E-state index contributed by atoms with van der Waals surface area (Å²) in [6.45, 7) is 0. The third-order valence-corrected chi connectivity index (χ3v) is 1.57. The second-order valence-corrected chi connectivity index (χ2v) is 2.43. The van der Waals surface area contributed by atoms with Crippen LogP contribution in [0.5, 0.6) is 5.75 Å². The van der Waals surface area contributed by atoms with Crippen LogP contribution in [0.2, 0.25) is 0 Å². The first-order chi connectivity index (χ1) is 6.25. The first-order valence-electron chi connectivity index (χ1n) is 3.60. The first-order valence-corrected chi connectivity index (χ1v) is 3.60. The van der Waals surface area contributed by atoms with Crippen LogP contribution in [0.4, 0.5) is 4.79 Å². The fourth-order valence-electron chi connectivity index (χ4n) is 1.06. The van der Waals surface area contributed by atoms with E-state index in [9.17, 15) is 4.79 Å². The van der Waals surface area contributed by atoms with E-state index in [-0.39, 0.29) is 5.75 Å². The van der Waals surface area contributed by atoms with Gasteiger partial charge in [0.25, 0.3) is 0 Å². The van der Waals surface area contributed by atoms with Gasteiger partial charge in [-0.2, -0.15) is 5.10 Å². The van der Waals surface area contributed by atoms with Crippen LogP contribution in [0, 0.1) is 0 Å². The number of fused-ring (bicyclic) bond motifs is 1. The Balaban J connectivity index is 2.42. The molecule has 0 aromatic carbocycles. The molecule has 0 saturated heterocycles. The van der Waals surface area contributed by atoms with Crippen LogP contribution in [0.15, 0.2) is 30.6 Å². The van der Waals surface area contributed by atoms with Crippen molar-refractivity contribution in [2.75, 3.05) is 0 Å². The molecule has 0 fully saturated rings. The van der Waals surface area contributed by atoms with E-state index in [4.69, 9.17) is 5.11 Å². The normalized spacial score (nSPS) is 10.2. The minimum atomic E-state index is -1.33. The van der Waals surface area contributed by atoms with Crippen LogP contribution < -0.4 is 4.74 Å². The van der Waals surface area contributed by atoms with Crippen molar-refractivity contribution < 1.29 is 14.6 Å². The molecule has 1 N–H and O–H groups in total. The molecule has 0 aliphatic carbocycles. The average molecular weight is 178 g/mol. The van der Waals surface area contributed by atoms with Gasteiger partial charge in [0.2, 0.25) is 0 Å². The zero-order chi connectivity index (χ0) is 9.26. The van der Waals surface area contributed by atoms with E-state index >= 15 is 0 Å². The van der Waals surface area contributed by atoms with E-state index in [1.54, 1.807) is 18.3 Å². The fraction of sp³-hybridized carbons (Fsp3) is 0. The molecule has 0 aliphatic rings. The number of ether oxygens (including phenoxy) is 1. The summed E-state index contributed by atoms with van der Waals surface area (Å²) >= 11 is 0. The molecule has 0 radical (unpaired) electrons. The van der Waals surface area contributed by atoms with Crippen molar-refractivity contribution >= 4 is 11.7 Å². The van der Waals surface area contributed by atoms with E-state index in [2.05, 4.69) is 9.84 Å². The Morgan fingerprint density at radius 1 is 1.46 bits per heavy atom. The van der Waals surface area contributed by atoms with Crippen LogP contribution in [0.3, 0.4) is 0 Å². The summed E-state index contributed by atoms with van der Waals surface area (Å²) in [6.07, 6.45) is 1.80. The predicted octanol–water partition coefficient (Wildman–Crippen LogP) is 1.39. The molecule has 0 saturated carbocycles. The van der Waals surface area contributed by atoms with Gasteiger partial charge in [0.1, 0.15) is 0 Å². The van der Waals surface area contributed by atoms with E-state index in [0.717, 1.165) is 5.52 Å². The van der Waals surface area contributed by atoms with Crippen molar-refractivity contribution in [3.63, 3.8) is 0 Å². The average Bonchev–Trinajstić information content (AvgIpc) is 2.49. The molecule has 2 rings (SSSR count). The Hall–Kier alpha value is -2.04. The van der Waals surface area contributed by atoms with E-state index in [0.29, 0.717) is 0 Å². The third kappa shape index (κ3) is 1.44. The van der Waals surface area contributed by atoms with Crippen LogP contribution in [-0.4, -0.2) is 20.9 Å². The molecule has 5 heteroatoms. The molecular formula is C8H6N2O3. The van der Waals surface area contributed by atoms with Gasteiger partial charge >= 0.3 is 6.16 Å². The monoisotopic (exact) mass is 178 g/mol. The molecule has 0 unspecified atom stereocenters. The largest absolute Gasteiger partial charge is 0.511 e. The summed E-state index contributed by atoms with van der Waals surface area (Å²) in [5.74, 6) is 0.253. The van der Waals surface area contributed by atoms with Crippen molar-refractivity contribution in [1.29, 1.82) is 0 Å². The number of pyridine rings is 1. The minimum absolute atomic E-state index is 0.253. The number of carboxylic acid groups (broad SMARTS) is 1. The highest BCUT2D eigenvalue weighted by molar-refractivity contribution is 5.61. The van der Waals surface area contributed by atoms with E-state index in [1.165, 1.54) is 10.7 Å². The molecule has 2 heterocycles. The van der Waals surface area contributed by atoms with E-state index in [1.807, 2.05) is 6.07 Å². The second-order valence-electron chi connectivity index (χ2n) is 2.43. The third-order valence-electron chi connectivity index (χ3n) is 1.57. The van der Waals surface area contributed by atoms with Gasteiger partial charge in [-0.3, -0.25) is 0 Å². The van der Waals surface area contributed by atoms with Gasteiger partial charge in [-0.1, -0.05) is 0 Å². The van der Waals surface area contributed by atoms with Gasteiger partial charge in [0.05, 0.1) is 11.7 Å². The molecule has 2 aromatic heterocycles. The number of rotatable bonds is 1. The Morgan fingerprint density at radius 3 is 3.08 bits per heavy atom. The molecule has 0 amide bonds. The molecule has 0 aliphatic heterocycles. The van der Waals surface area contributed by atoms with Crippen LogP contribution in [0.25, 0.3) is 5.52 Å². The highest BCUT2D eigenvalue weighted by atomic mass is 16.7. The first kappa shape index (κ1) is 7.60. The number of aromatic nitrogens is 2. The van der Waals surface area contributed by atoms with Crippen molar-refractivity contribution in [3.8, 4) is 5.75 Å². The fourth-order valence-corrected chi connectivity index (χ4v) is 1.06. The number of hydrogen-bond acceptors (Lipinski definition) is 3. The topological polar surface area (TPSA) is 63.8 Å². The lowest BCUT2D eigenvalue weighted by atomic mass is 10.4. The Kier molecular flexibility index (Phi) is 1.63. The van der Waals surface area contributed by atoms with Gasteiger partial charge in [0.15, 0.2) is 5.75 Å². The number of nitrogens with zero attached hydrogens (tertiary/aromatic N) is 2. The van der Waals surface area contributed by atoms with Crippen LogP contribution in [-0.2, 0) is 0 Å². The summed E-state index contributed by atoms with van der Waals surface area (Å²) in [5, 5.41) is 12.3. The molecule has 13 heavy (non-hydrogen) atoms. The molecule has 0 spiro atoms. The zero-order valence-corrected chi connectivity index (χ0v) is 6.54. The quantitative estimate of drug-likeness (QED) is 0.670. The summed E-state index contributed by atoms with van der Waals surface area (Å²) in [6, 6.07) is 5.11. The second kappa shape index (κ2) is 2.78. The molecule has 5 nitrogen and oxygen atoms in total. The lowest BCUT2D eigenvalue weighted by molar-refractivity contribution is 0.144. The highest BCUT2D eigenvalue weighted by Crippen LogP contribution is 2.12. The smallest absolute Gasteiger partial charge is 0.449 e. The van der Waals surface area contributed by atoms with Gasteiger partial charge in [-0.05, 0) is 18.2 Å². The van der Waals surface area contributed by atoms with E-state index < -0.39 is 6.16 Å². The maximum atomic E-state index is 10.2. The molecule has 66 valence electrons. The SMILES string of the molecule is O=C(O)Oc1ccc2ccnn2c1. The molecule has 0 atom stereocenters. The van der Waals surface area contributed by atoms with Gasteiger partial charge < -0.3 is 9.84 Å². The van der Waals surface area contributed by atoms with Crippen LogP contribution in [0.1, 0.15) is 0 Å². The minimum Gasteiger partial charge on any atom is -0.449 e. The van der Waals surface area contributed by atoms with Crippen molar-refractivity contribution in [1.82, 2.24) is 9.61 Å². The Morgan fingerprint density at radius 2 is 2.31 bits per heavy atom. The number of carbonyl (C=O) groups is 1. The maximum Gasteiger partial charge on any atom is 0.511 e. The van der Waals surface area contributed by atoms with Gasteiger partial charge in [-0.15, -0.1) is 0 Å². The Labute approximate surface area is 73.2 Å². The van der Waals surface area contributed by atoms with Gasteiger partial charge in [-0.25, -0.2) is 9.31 Å². The molecule has 2 aromatic rings. The van der Waals surface area contributed by atoms with Crippen LogP contribution >= 0.6 is 0 Å². The van der Waals surface area contributed by atoms with Gasteiger partial charge in [0, 0.05) is 6.20 Å². The van der Waals surface area contributed by atoms with Crippen molar-refractivity contribution in [3.05, 3.63) is 30.6 Å². The van der Waals surface area contributed by atoms with Crippen molar-refractivity contribution in [2.45, 2.75) is 0 Å². The summed E-state index contributed by atoms with van der Waals surface area (Å²) in [7, 11) is 0. The molecular weight excluding hydrogens is 172 g/mol. The summed E-state index contributed by atoms with van der Waals surface area (Å²) in [5.41, 5.74) is 0.887. The van der Waals surface area contributed by atoms with Crippen molar-refractivity contribution in [2.24, 2.45) is 0 Å². The molecule has 0 bridgehead atoms. The highest BCUT2D eigenvalue weighted by Gasteiger charge is 2.01.